The van der Waals surface area contributed by atoms with Gasteiger partial charge in [-0.3, -0.25) is 9.36 Å². The standard InChI is InChI=1S/C23H25BrN4O3S/c1-13(2)31-21(30)14(3)25-20(29)12-32-23-27-26-22(24)28(23)19-11-10-16(15-8-9-15)17-6-4-5-7-18(17)19/h4-7,10-11,13-15H,8-9,12H2,1-3H3,(H,25,29). The fourth-order valence-corrected chi connectivity index (χ4v) is 4.92. The molecule has 3 aromatic rings. The van der Waals surface area contributed by atoms with Gasteiger partial charge in [-0.15, -0.1) is 10.2 Å². The summed E-state index contributed by atoms with van der Waals surface area (Å²) in [7, 11) is 0. The quantitative estimate of drug-likeness (QED) is 0.347. The van der Waals surface area contributed by atoms with E-state index in [1.807, 2.05) is 10.6 Å². The second kappa shape index (κ2) is 9.62. The molecule has 1 fully saturated rings. The third-order valence-corrected chi connectivity index (χ3v) is 6.64. The Labute approximate surface area is 199 Å². The number of halogens is 1. The largest absolute Gasteiger partial charge is 0.461 e. The number of rotatable bonds is 8. The Balaban J connectivity index is 1.53. The third kappa shape index (κ3) is 4.99. The average molecular weight is 517 g/mol. The van der Waals surface area contributed by atoms with Crippen molar-refractivity contribution in [1.29, 1.82) is 0 Å². The maximum atomic E-state index is 12.4. The molecule has 1 saturated carbocycles. The van der Waals surface area contributed by atoms with Gasteiger partial charge < -0.3 is 10.1 Å². The highest BCUT2D eigenvalue weighted by Crippen LogP contribution is 2.44. The van der Waals surface area contributed by atoms with E-state index in [4.69, 9.17) is 4.74 Å². The Morgan fingerprint density at radius 2 is 1.88 bits per heavy atom. The van der Waals surface area contributed by atoms with Crippen LogP contribution in [0.4, 0.5) is 0 Å². The van der Waals surface area contributed by atoms with Crippen molar-refractivity contribution in [1.82, 2.24) is 20.1 Å². The van der Waals surface area contributed by atoms with E-state index >= 15 is 0 Å². The summed E-state index contributed by atoms with van der Waals surface area (Å²) in [6.07, 6.45) is 2.24. The number of carbonyl (C=O) groups is 2. The number of esters is 1. The van der Waals surface area contributed by atoms with Gasteiger partial charge in [0.05, 0.1) is 17.5 Å². The molecule has 9 heteroatoms. The normalized spacial score (nSPS) is 14.5. The molecule has 0 radical (unpaired) electrons. The summed E-state index contributed by atoms with van der Waals surface area (Å²) in [5, 5.41) is 14.0. The average Bonchev–Trinajstić information content (AvgIpc) is 3.54. The lowest BCUT2D eigenvalue weighted by molar-refractivity contribution is -0.150. The zero-order valence-corrected chi connectivity index (χ0v) is 20.6. The Bertz CT molecular complexity index is 1160. The molecule has 1 amide bonds. The number of carbonyl (C=O) groups excluding carboxylic acids is 2. The van der Waals surface area contributed by atoms with Crippen molar-refractivity contribution in [3.05, 3.63) is 46.7 Å². The number of aromatic nitrogens is 3. The third-order valence-electron chi connectivity index (χ3n) is 5.20. The van der Waals surface area contributed by atoms with Crippen LogP contribution in [0, 0.1) is 0 Å². The highest BCUT2D eigenvalue weighted by molar-refractivity contribution is 9.10. The molecular formula is C23H25BrN4O3S. The minimum atomic E-state index is -0.714. The number of nitrogens with one attached hydrogen (secondary N) is 1. The molecule has 1 heterocycles. The van der Waals surface area contributed by atoms with E-state index in [9.17, 15) is 9.59 Å². The van der Waals surface area contributed by atoms with Gasteiger partial charge in [-0.1, -0.05) is 42.1 Å². The monoisotopic (exact) mass is 516 g/mol. The molecule has 1 N–H and O–H groups in total. The van der Waals surface area contributed by atoms with Crippen LogP contribution in [0.3, 0.4) is 0 Å². The number of amides is 1. The Hall–Kier alpha value is -2.39. The van der Waals surface area contributed by atoms with Crippen LogP contribution in [0.5, 0.6) is 0 Å². The lowest BCUT2D eigenvalue weighted by Crippen LogP contribution is -2.41. The minimum Gasteiger partial charge on any atom is -0.461 e. The number of nitrogens with zero attached hydrogens (tertiary/aromatic N) is 3. The van der Waals surface area contributed by atoms with Crippen LogP contribution in [0.25, 0.3) is 16.5 Å². The van der Waals surface area contributed by atoms with E-state index in [2.05, 4.69) is 61.8 Å². The van der Waals surface area contributed by atoms with Crippen molar-refractivity contribution in [2.24, 2.45) is 0 Å². The molecule has 32 heavy (non-hydrogen) atoms. The summed E-state index contributed by atoms with van der Waals surface area (Å²) in [6.45, 7) is 5.15. The SMILES string of the molecule is CC(C)OC(=O)C(C)NC(=O)CSc1nnc(Br)n1-c1ccc(C2CC2)c2ccccc12. The van der Waals surface area contributed by atoms with E-state index in [-0.39, 0.29) is 17.8 Å². The number of hydrogen-bond acceptors (Lipinski definition) is 6. The maximum Gasteiger partial charge on any atom is 0.328 e. The van der Waals surface area contributed by atoms with E-state index in [0.29, 0.717) is 15.8 Å². The van der Waals surface area contributed by atoms with Gasteiger partial charge in [0, 0.05) is 5.39 Å². The first-order chi connectivity index (χ1) is 15.3. The van der Waals surface area contributed by atoms with Crippen molar-refractivity contribution in [2.45, 2.75) is 56.8 Å². The van der Waals surface area contributed by atoms with E-state index in [1.165, 1.54) is 35.6 Å². The molecule has 1 aromatic heterocycles. The number of ether oxygens (including phenoxy) is 1. The minimum absolute atomic E-state index is 0.0997. The fraction of sp³-hybridized carbons (Fsp3) is 0.391. The second-order valence-electron chi connectivity index (χ2n) is 8.14. The van der Waals surface area contributed by atoms with Crippen molar-refractivity contribution in [3.63, 3.8) is 0 Å². The van der Waals surface area contributed by atoms with Gasteiger partial charge in [0.15, 0.2) is 5.16 Å². The van der Waals surface area contributed by atoms with E-state index < -0.39 is 12.0 Å². The highest BCUT2D eigenvalue weighted by atomic mass is 79.9. The first kappa shape index (κ1) is 22.8. The van der Waals surface area contributed by atoms with Crippen molar-refractivity contribution in [3.8, 4) is 5.69 Å². The first-order valence-corrected chi connectivity index (χ1v) is 12.4. The zero-order chi connectivity index (χ0) is 22.8. The Morgan fingerprint density at radius 3 is 2.56 bits per heavy atom. The summed E-state index contributed by atoms with van der Waals surface area (Å²) in [5.74, 6) is 0.0113. The first-order valence-electron chi connectivity index (χ1n) is 10.6. The molecule has 1 atom stereocenters. The maximum absolute atomic E-state index is 12.4. The zero-order valence-electron chi connectivity index (χ0n) is 18.2. The van der Waals surface area contributed by atoms with Crippen molar-refractivity contribution in [2.75, 3.05) is 5.75 Å². The molecule has 0 aliphatic heterocycles. The smallest absolute Gasteiger partial charge is 0.328 e. The van der Waals surface area contributed by atoms with Gasteiger partial charge in [0.2, 0.25) is 10.6 Å². The van der Waals surface area contributed by atoms with Crippen molar-refractivity contribution >= 4 is 50.3 Å². The number of thioether (sulfide) groups is 1. The summed E-state index contributed by atoms with van der Waals surface area (Å²) in [5.41, 5.74) is 2.34. The summed E-state index contributed by atoms with van der Waals surface area (Å²) in [6, 6.07) is 11.9. The molecule has 1 aliphatic carbocycles. The lowest BCUT2D eigenvalue weighted by atomic mass is 9.99. The molecule has 1 aliphatic rings. The van der Waals surface area contributed by atoms with Crippen molar-refractivity contribution < 1.29 is 14.3 Å². The van der Waals surface area contributed by atoms with Crippen LogP contribution in [0.15, 0.2) is 46.3 Å². The molecule has 7 nitrogen and oxygen atoms in total. The van der Waals surface area contributed by atoms with Gasteiger partial charge >= 0.3 is 5.97 Å². The van der Waals surface area contributed by atoms with Crippen LogP contribution in [0.1, 0.15) is 45.1 Å². The van der Waals surface area contributed by atoms with E-state index in [1.54, 1.807) is 20.8 Å². The molecule has 2 aromatic carbocycles. The predicted octanol–water partition coefficient (Wildman–Crippen LogP) is 4.61. The summed E-state index contributed by atoms with van der Waals surface area (Å²) in [4.78, 5) is 24.3. The van der Waals surface area contributed by atoms with Crippen LogP contribution in [-0.4, -0.2) is 44.5 Å². The molecule has 1 unspecified atom stereocenters. The highest BCUT2D eigenvalue weighted by Gasteiger charge is 2.26. The molecular weight excluding hydrogens is 492 g/mol. The Kier molecular flexibility index (Phi) is 6.85. The fourth-order valence-electron chi connectivity index (χ4n) is 3.61. The van der Waals surface area contributed by atoms with Crippen LogP contribution in [0.2, 0.25) is 0 Å². The topological polar surface area (TPSA) is 86.1 Å². The van der Waals surface area contributed by atoms with Gasteiger partial charge in [-0.25, -0.2) is 4.79 Å². The van der Waals surface area contributed by atoms with Gasteiger partial charge in [-0.2, -0.15) is 0 Å². The molecule has 0 spiro atoms. The predicted molar refractivity (Wildman–Crippen MR) is 128 cm³/mol. The van der Waals surface area contributed by atoms with Crippen LogP contribution in [-0.2, 0) is 14.3 Å². The number of hydrogen-bond donors (Lipinski definition) is 1. The summed E-state index contributed by atoms with van der Waals surface area (Å²) < 4.78 is 7.61. The number of benzene rings is 2. The molecule has 0 saturated heterocycles. The molecule has 4 rings (SSSR count). The number of fused-ring (bicyclic) bond motifs is 1. The van der Waals surface area contributed by atoms with E-state index in [0.717, 1.165) is 11.1 Å². The molecule has 0 bridgehead atoms. The molecule has 168 valence electrons. The van der Waals surface area contributed by atoms with Gasteiger partial charge in [0.1, 0.15) is 6.04 Å². The van der Waals surface area contributed by atoms with Gasteiger partial charge in [-0.05, 0) is 72.5 Å². The van der Waals surface area contributed by atoms with Crippen LogP contribution >= 0.6 is 27.7 Å². The second-order valence-corrected chi connectivity index (χ2v) is 9.80. The summed E-state index contributed by atoms with van der Waals surface area (Å²) >= 11 is 4.77. The Morgan fingerprint density at radius 1 is 1.16 bits per heavy atom. The van der Waals surface area contributed by atoms with Gasteiger partial charge in [0.25, 0.3) is 0 Å². The van der Waals surface area contributed by atoms with Crippen LogP contribution < -0.4 is 5.32 Å². The lowest BCUT2D eigenvalue weighted by Gasteiger charge is -2.15.